The Balaban J connectivity index is 4.29. The lowest BCUT2D eigenvalue weighted by Crippen LogP contribution is -2.30. The maximum absolute atomic E-state index is 12.9. The topological polar surface area (TPSA) is 78.9 Å². The number of ether oxygens (including phenoxy) is 3. The second-order valence-corrected chi connectivity index (χ2v) is 21.4. The van der Waals surface area contributed by atoms with E-state index in [2.05, 4.69) is 34.6 Å². The van der Waals surface area contributed by atoms with Gasteiger partial charge in [0.05, 0.1) is 0 Å². The molecule has 0 radical (unpaired) electrons. The molecule has 0 aliphatic carbocycles. The molecule has 392 valence electrons. The first kappa shape index (κ1) is 64.4. The van der Waals surface area contributed by atoms with Crippen molar-refractivity contribution in [3.8, 4) is 0 Å². The van der Waals surface area contributed by atoms with Crippen LogP contribution in [0.5, 0.6) is 0 Å². The molecule has 0 rings (SSSR count). The van der Waals surface area contributed by atoms with Gasteiger partial charge >= 0.3 is 17.9 Å². The van der Waals surface area contributed by atoms with E-state index in [1.807, 2.05) is 0 Å². The fourth-order valence-electron chi connectivity index (χ4n) is 9.20. The van der Waals surface area contributed by atoms with Crippen molar-refractivity contribution in [3.63, 3.8) is 0 Å². The minimum Gasteiger partial charge on any atom is -0.462 e. The molecule has 0 spiro atoms. The van der Waals surface area contributed by atoms with Crippen LogP contribution in [0, 0.1) is 11.8 Å². The average Bonchev–Trinajstić information content (AvgIpc) is 3.30. The molecule has 0 aliphatic heterocycles. The third-order valence-electron chi connectivity index (χ3n) is 14.1. The largest absolute Gasteiger partial charge is 0.462 e. The fourth-order valence-corrected chi connectivity index (χ4v) is 9.20. The van der Waals surface area contributed by atoms with Gasteiger partial charge in [-0.05, 0) is 31.1 Å². The predicted molar refractivity (Wildman–Crippen MR) is 284 cm³/mol. The average molecular weight is 934 g/mol. The van der Waals surface area contributed by atoms with Crippen molar-refractivity contribution in [1.29, 1.82) is 0 Å². The molecule has 0 N–H and O–H groups in total. The number of carbonyl (C=O) groups excluding carboxylic acids is 3. The molecular weight excluding hydrogens is 817 g/mol. The number of esters is 3. The summed E-state index contributed by atoms with van der Waals surface area (Å²) in [6.45, 7) is 11.4. The van der Waals surface area contributed by atoms with Gasteiger partial charge in [0.15, 0.2) is 6.10 Å². The van der Waals surface area contributed by atoms with E-state index >= 15 is 0 Å². The molecule has 0 aliphatic rings. The lowest BCUT2D eigenvalue weighted by Gasteiger charge is -2.18. The van der Waals surface area contributed by atoms with Crippen LogP contribution in [0.4, 0.5) is 0 Å². The number of carbonyl (C=O) groups is 3. The van der Waals surface area contributed by atoms with E-state index in [4.69, 9.17) is 14.2 Å². The molecule has 6 heteroatoms. The molecule has 2 atom stereocenters. The van der Waals surface area contributed by atoms with Crippen molar-refractivity contribution in [3.05, 3.63) is 0 Å². The van der Waals surface area contributed by atoms with Gasteiger partial charge in [0.1, 0.15) is 13.2 Å². The van der Waals surface area contributed by atoms with E-state index in [-0.39, 0.29) is 31.1 Å². The van der Waals surface area contributed by atoms with E-state index < -0.39 is 6.10 Å². The molecular formula is C60H116O6. The van der Waals surface area contributed by atoms with Crippen LogP contribution in [0.15, 0.2) is 0 Å². The van der Waals surface area contributed by atoms with E-state index in [0.29, 0.717) is 19.3 Å². The van der Waals surface area contributed by atoms with Gasteiger partial charge in [-0.1, -0.05) is 298 Å². The zero-order valence-electron chi connectivity index (χ0n) is 45.3. The summed E-state index contributed by atoms with van der Waals surface area (Å²) in [5, 5.41) is 0. The highest BCUT2D eigenvalue weighted by atomic mass is 16.6. The van der Waals surface area contributed by atoms with Gasteiger partial charge in [0, 0.05) is 19.3 Å². The highest BCUT2D eigenvalue weighted by Crippen LogP contribution is 2.19. The molecule has 0 heterocycles. The Morgan fingerprint density at radius 2 is 0.576 bits per heavy atom. The molecule has 0 aromatic heterocycles. The Kier molecular flexibility index (Phi) is 51.5. The summed E-state index contributed by atoms with van der Waals surface area (Å²) in [6.07, 6.45) is 56.6. The molecule has 0 saturated carbocycles. The maximum atomic E-state index is 12.9. The van der Waals surface area contributed by atoms with E-state index in [1.54, 1.807) is 0 Å². The first-order valence-electron chi connectivity index (χ1n) is 29.8. The minimum absolute atomic E-state index is 0.0626. The molecule has 6 nitrogen and oxygen atoms in total. The van der Waals surface area contributed by atoms with Crippen LogP contribution in [0.3, 0.4) is 0 Å². The minimum atomic E-state index is -0.763. The van der Waals surface area contributed by atoms with Crippen LogP contribution in [0.1, 0.15) is 336 Å². The SMILES string of the molecule is CCCCCCCCCCCCCCCCCCCC(=O)OC[C@@H](COC(=O)CCCCCCCCCCCCC(C)C)OC(=O)CCCCCCCCCCCCCCCCC(C)CC. The monoisotopic (exact) mass is 933 g/mol. The van der Waals surface area contributed by atoms with Crippen LogP contribution in [-0.4, -0.2) is 37.2 Å². The predicted octanol–water partition coefficient (Wildman–Crippen LogP) is 19.7. The number of hydrogen-bond donors (Lipinski definition) is 0. The van der Waals surface area contributed by atoms with Crippen molar-refractivity contribution >= 4 is 17.9 Å². The molecule has 66 heavy (non-hydrogen) atoms. The molecule has 0 saturated heterocycles. The molecule has 0 bridgehead atoms. The Morgan fingerprint density at radius 1 is 0.318 bits per heavy atom. The Bertz CT molecular complexity index is 1010. The Labute approximate surface area is 412 Å². The van der Waals surface area contributed by atoms with E-state index in [9.17, 15) is 14.4 Å². The maximum Gasteiger partial charge on any atom is 0.306 e. The van der Waals surface area contributed by atoms with Crippen LogP contribution in [0.25, 0.3) is 0 Å². The summed E-state index contributed by atoms with van der Waals surface area (Å²) in [4.78, 5) is 38.2. The van der Waals surface area contributed by atoms with Crippen molar-refractivity contribution in [2.45, 2.75) is 343 Å². The van der Waals surface area contributed by atoms with Crippen LogP contribution in [-0.2, 0) is 28.6 Å². The second kappa shape index (κ2) is 52.8. The van der Waals surface area contributed by atoms with Gasteiger partial charge in [-0.2, -0.15) is 0 Å². The zero-order chi connectivity index (χ0) is 48.2. The summed E-state index contributed by atoms with van der Waals surface area (Å²) in [5.74, 6) is 0.875. The Morgan fingerprint density at radius 3 is 0.864 bits per heavy atom. The van der Waals surface area contributed by atoms with Crippen LogP contribution in [0.2, 0.25) is 0 Å². The summed E-state index contributed by atoms with van der Waals surface area (Å²) < 4.78 is 16.9. The van der Waals surface area contributed by atoms with Gasteiger partial charge in [0.2, 0.25) is 0 Å². The highest BCUT2D eigenvalue weighted by molar-refractivity contribution is 5.71. The van der Waals surface area contributed by atoms with Crippen molar-refractivity contribution in [2.75, 3.05) is 13.2 Å². The zero-order valence-corrected chi connectivity index (χ0v) is 45.3. The molecule has 0 amide bonds. The summed E-state index contributed by atoms with van der Waals surface area (Å²) in [5.41, 5.74) is 0. The second-order valence-electron chi connectivity index (χ2n) is 21.4. The third kappa shape index (κ3) is 51.8. The molecule has 1 unspecified atom stereocenters. The normalized spacial score (nSPS) is 12.5. The number of rotatable bonds is 54. The summed E-state index contributed by atoms with van der Waals surface area (Å²) >= 11 is 0. The van der Waals surface area contributed by atoms with E-state index in [1.165, 1.54) is 225 Å². The Hall–Kier alpha value is -1.59. The number of unbranched alkanes of at least 4 members (excludes halogenated alkanes) is 38. The van der Waals surface area contributed by atoms with Crippen LogP contribution < -0.4 is 0 Å². The number of hydrogen-bond acceptors (Lipinski definition) is 6. The lowest BCUT2D eigenvalue weighted by molar-refractivity contribution is -0.167. The molecule has 0 fully saturated rings. The quantitative estimate of drug-likeness (QED) is 0.0343. The first-order valence-corrected chi connectivity index (χ1v) is 29.8. The van der Waals surface area contributed by atoms with E-state index in [0.717, 1.165) is 69.6 Å². The van der Waals surface area contributed by atoms with Gasteiger partial charge in [0.25, 0.3) is 0 Å². The first-order chi connectivity index (χ1) is 32.3. The highest BCUT2D eigenvalue weighted by Gasteiger charge is 2.19. The lowest BCUT2D eigenvalue weighted by atomic mass is 9.99. The third-order valence-corrected chi connectivity index (χ3v) is 14.1. The summed E-state index contributed by atoms with van der Waals surface area (Å²) in [6, 6.07) is 0. The molecule has 0 aromatic carbocycles. The van der Waals surface area contributed by atoms with Gasteiger partial charge in [-0.15, -0.1) is 0 Å². The van der Waals surface area contributed by atoms with Crippen molar-refractivity contribution in [2.24, 2.45) is 11.8 Å². The van der Waals surface area contributed by atoms with Gasteiger partial charge < -0.3 is 14.2 Å². The van der Waals surface area contributed by atoms with Crippen molar-refractivity contribution in [1.82, 2.24) is 0 Å². The molecule has 0 aromatic rings. The van der Waals surface area contributed by atoms with Gasteiger partial charge in [-0.3, -0.25) is 14.4 Å². The smallest absolute Gasteiger partial charge is 0.306 e. The van der Waals surface area contributed by atoms with Crippen LogP contribution >= 0.6 is 0 Å². The summed E-state index contributed by atoms with van der Waals surface area (Å²) in [7, 11) is 0. The standard InChI is InChI=1S/C60H116O6/c1-6-8-9-10-11-12-13-14-15-16-17-21-24-30-35-40-45-50-58(61)64-53-57(54-65-59(62)51-46-41-36-31-27-26-28-33-38-43-48-55(3)4)66-60(63)52-47-42-37-32-25-22-19-18-20-23-29-34-39-44-49-56(5)7-2/h55-57H,6-54H2,1-5H3/t56?,57-/m0/s1. The van der Waals surface area contributed by atoms with Crippen molar-refractivity contribution < 1.29 is 28.6 Å². The fraction of sp³-hybridized carbons (Fsp3) is 0.950. The van der Waals surface area contributed by atoms with Gasteiger partial charge in [-0.25, -0.2) is 0 Å².